The van der Waals surface area contributed by atoms with Gasteiger partial charge < -0.3 is 29.6 Å². The van der Waals surface area contributed by atoms with Gasteiger partial charge in [-0.1, -0.05) is 38.1 Å². The summed E-state index contributed by atoms with van der Waals surface area (Å²) in [6, 6.07) is 17.0. The number of amides is 3. The van der Waals surface area contributed by atoms with Crippen molar-refractivity contribution in [2.45, 2.75) is 63.8 Å². The van der Waals surface area contributed by atoms with Crippen LogP contribution in [0.5, 0.6) is 5.75 Å². The van der Waals surface area contributed by atoms with Gasteiger partial charge in [-0.25, -0.2) is 36.6 Å². The molecule has 0 radical (unpaired) electrons. The molecular formula is C41H42F4N6O10S. The zero-order valence-corrected chi connectivity index (χ0v) is 35.0. The number of aromatic nitrogens is 3. The Morgan fingerprint density at radius 3 is 2.16 bits per heavy atom. The highest BCUT2D eigenvalue weighted by Gasteiger charge is 2.33. The average Bonchev–Trinajstić information content (AvgIpc) is 3.59. The van der Waals surface area contributed by atoms with Crippen LogP contribution in [0.15, 0.2) is 90.0 Å². The van der Waals surface area contributed by atoms with E-state index in [1.54, 1.807) is 65.0 Å². The largest absolute Gasteiger partial charge is 0.482 e. The van der Waals surface area contributed by atoms with Gasteiger partial charge in [0, 0.05) is 29.8 Å². The van der Waals surface area contributed by atoms with E-state index in [4.69, 9.17) is 18.9 Å². The number of hydrogen-bond acceptors (Lipinski definition) is 12. The zero-order valence-electron chi connectivity index (χ0n) is 34.2. The molecule has 0 saturated carbocycles. The van der Waals surface area contributed by atoms with E-state index in [0.29, 0.717) is 27.3 Å². The molecular weight excluding hydrogens is 845 g/mol. The number of sulfone groups is 1. The fraction of sp³-hybridized carbons (Fsp3) is 0.317. The Morgan fingerprint density at radius 2 is 1.55 bits per heavy atom. The van der Waals surface area contributed by atoms with E-state index < -0.39 is 93.2 Å². The Labute approximate surface area is 353 Å². The second kappa shape index (κ2) is 18.9. The molecule has 1 atom stereocenters. The fourth-order valence-electron chi connectivity index (χ4n) is 5.57. The van der Waals surface area contributed by atoms with E-state index in [1.165, 1.54) is 41.0 Å². The number of halogens is 4. The van der Waals surface area contributed by atoms with Gasteiger partial charge in [0.25, 0.3) is 5.95 Å². The van der Waals surface area contributed by atoms with Crippen LogP contribution >= 0.6 is 0 Å². The number of carbonyl (C=O) groups excluding carboxylic acids is 4. The third-order valence-electron chi connectivity index (χ3n) is 8.45. The van der Waals surface area contributed by atoms with E-state index in [-0.39, 0.29) is 18.0 Å². The van der Waals surface area contributed by atoms with Gasteiger partial charge in [-0.15, -0.1) is 5.10 Å². The minimum Gasteiger partial charge on any atom is -0.482 e. The van der Waals surface area contributed by atoms with Crippen LogP contribution in [-0.4, -0.2) is 84.6 Å². The summed E-state index contributed by atoms with van der Waals surface area (Å²) in [4.78, 5) is 56.4. The topological polar surface area (TPSA) is 197 Å². The van der Waals surface area contributed by atoms with Crippen molar-refractivity contribution in [1.29, 1.82) is 0 Å². The molecule has 0 unspecified atom stereocenters. The highest BCUT2D eigenvalue weighted by molar-refractivity contribution is 7.90. The predicted octanol–water partition coefficient (Wildman–Crippen LogP) is 7.39. The molecule has 21 heteroatoms. The number of alkyl carbamates (subject to hydrolysis) is 1. The van der Waals surface area contributed by atoms with Gasteiger partial charge in [0.15, 0.2) is 22.1 Å². The smallest absolute Gasteiger partial charge is 0.424 e. The summed E-state index contributed by atoms with van der Waals surface area (Å²) in [7, 11) is -4.00. The molecule has 0 aliphatic carbocycles. The lowest BCUT2D eigenvalue weighted by Crippen LogP contribution is -2.47. The first-order chi connectivity index (χ1) is 29.0. The number of anilines is 3. The third kappa shape index (κ3) is 12.9. The molecule has 0 fully saturated rings. The van der Waals surface area contributed by atoms with Crippen molar-refractivity contribution in [1.82, 2.24) is 19.9 Å². The third-order valence-corrected chi connectivity index (χ3v) is 9.56. The quantitative estimate of drug-likeness (QED) is 0.0639. The van der Waals surface area contributed by atoms with Gasteiger partial charge in [-0.05, 0) is 86.3 Å². The normalized spacial score (nSPS) is 12.4. The lowest BCUT2D eigenvalue weighted by atomic mass is 10.1. The van der Waals surface area contributed by atoms with Crippen molar-refractivity contribution in [2.75, 3.05) is 29.9 Å². The number of nitrogens with zero attached hydrogens (tertiary/aromatic N) is 4. The molecule has 2 aromatic heterocycles. The number of alkyl halides is 3. The van der Waals surface area contributed by atoms with Crippen molar-refractivity contribution in [3.63, 3.8) is 0 Å². The summed E-state index contributed by atoms with van der Waals surface area (Å²) in [6.07, 6.45) is -4.83. The molecule has 3 aromatic carbocycles. The van der Waals surface area contributed by atoms with Crippen molar-refractivity contribution < 1.29 is 64.1 Å². The molecule has 3 amide bonds. The van der Waals surface area contributed by atoms with Crippen LogP contribution in [0.2, 0.25) is 0 Å². The number of ether oxygens (including phenoxy) is 4. The predicted molar refractivity (Wildman–Crippen MR) is 216 cm³/mol. The number of carbonyl (C=O) groups is 4. The SMILES string of the molecule is CC(C)[C@H](NC(=O)OC(C)(C)C)C(=O)OCOC(=O)N(c1nc2ccc(-c3ccc(NC(=O)Cc4ccc(F)cc4)cc3)cn2n1)c1ccc(S(C)(=O)=O)cc1OCC(F)(F)F. The summed E-state index contributed by atoms with van der Waals surface area (Å²) < 4.78 is 100. The summed E-state index contributed by atoms with van der Waals surface area (Å²) in [5.41, 5.74) is 1.11. The number of esters is 1. The second-order valence-electron chi connectivity index (χ2n) is 15.1. The van der Waals surface area contributed by atoms with Crippen molar-refractivity contribution in [2.24, 2.45) is 5.92 Å². The van der Waals surface area contributed by atoms with Gasteiger partial charge in [0.1, 0.15) is 23.2 Å². The Bertz CT molecular complexity index is 2540. The molecule has 16 nitrogen and oxygen atoms in total. The van der Waals surface area contributed by atoms with E-state index >= 15 is 0 Å². The summed E-state index contributed by atoms with van der Waals surface area (Å²) >= 11 is 0. The molecule has 0 aliphatic rings. The maximum atomic E-state index is 13.9. The molecule has 0 spiro atoms. The maximum Gasteiger partial charge on any atom is 0.424 e. The summed E-state index contributed by atoms with van der Waals surface area (Å²) in [5.74, 6) is -3.48. The molecule has 62 heavy (non-hydrogen) atoms. The van der Waals surface area contributed by atoms with E-state index in [0.717, 1.165) is 24.5 Å². The molecule has 0 bridgehead atoms. The fourth-order valence-corrected chi connectivity index (χ4v) is 6.21. The van der Waals surface area contributed by atoms with Crippen LogP contribution in [0.1, 0.15) is 40.2 Å². The monoisotopic (exact) mass is 886 g/mol. The average molecular weight is 887 g/mol. The van der Waals surface area contributed by atoms with Crippen LogP contribution < -0.4 is 20.3 Å². The first-order valence-electron chi connectivity index (χ1n) is 18.6. The van der Waals surface area contributed by atoms with Crippen LogP contribution in [0.4, 0.5) is 44.5 Å². The summed E-state index contributed by atoms with van der Waals surface area (Å²) in [6.45, 7) is 5.13. The van der Waals surface area contributed by atoms with Crippen molar-refractivity contribution in [3.05, 3.63) is 96.4 Å². The molecule has 5 rings (SSSR count). The minimum atomic E-state index is -4.89. The molecule has 0 saturated heterocycles. The number of nitrogens with one attached hydrogen (secondary N) is 2. The van der Waals surface area contributed by atoms with Crippen LogP contribution in [0, 0.1) is 11.7 Å². The lowest BCUT2D eigenvalue weighted by Gasteiger charge is -2.25. The minimum absolute atomic E-state index is 0.0206. The molecule has 0 aliphatic heterocycles. The second-order valence-corrected chi connectivity index (χ2v) is 17.1. The first kappa shape index (κ1) is 46.3. The van der Waals surface area contributed by atoms with Crippen LogP contribution in [-0.2, 0) is 40.1 Å². The Hall–Kier alpha value is -6.77. The number of fused-ring (bicyclic) bond motifs is 1. The maximum absolute atomic E-state index is 13.9. The van der Waals surface area contributed by atoms with Gasteiger partial charge >= 0.3 is 24.3 Å². The van der Waals surface area contributed by atoms with E-state index in [1.807, 2.05) is 0 Å². The highest BCUT2D eigenvalue weighted by Crippen LogP contribution is 2.37. The van der Waals surface area contributed by atoms with Crippen LogP contribution in [0.3, 0.4) is 0 Å². The number of hydrogen-bond donors (Lipinski definition) is 2. The number of rotatable bonds is 14. The lowest BCUT2D eigenvalue weighted by molar-refractivity contribution is -0.155. The van der Waals surface area contributed by atoms with Gasteiger partial charge in [0.2, 0.25) is 12.7 Å². The van der Waals surface area contributed by atoms with E-state index in [2.05, 4.69) is 20.7 Å². The Morgan fingerprint density at radius 1 is 0.887 bits per heavy atom. The molecule has 2 N–H and O–H groups in total. The van der Waals surface area contributed by atoms with Gasteiger partial charge in [-0.3, -0.25) is 4.79 Å². The number of benzene rings is 3. The Kier molecular flexibility index (Phi) is 14.1. The zero-order chi connectivity index (χ0) is 45.6. The molecule has 2 heterocycles. The van der Waals surface area contributed by atoms with Crippen LogP contribution in [0.25, 0.3) is 16.8 Å². The van der Waals surface area contributed by atoms with Gasteiger partial charge in [0.05, 0.1) is 17.0 Å². The molecule has 5 aromatic rings. The Balaban J connectivity index is 1.43. The highest BCUT2D eigenvalue weighted by atomic mass is 32.2. The summed E-state index contributed by atoms with van der Waals surface area (Å²) in [5, 5.41) is 9.52. The van der Waals surface area contributed by atoms with Crippen molar-refractivity contribution >= 4 is 56.9 Å². The standard InChI is InChI=1S/C41H42F4N6O10S/c1-24(2)35(48-38(54)61-40(3,4)5)36(53)59-23-60-39(55)51(31-17-16-30(62(6,56)57)20-32(31)58-22-41(43,44)45)37-47-33-18-11-27(21-50(33)49-37)26-9-14-29(15-10-26)46-34(52)19-25-7-12-28(42)13-8-25/h7-18,20-21,24,35H,19,22-23H2,1-6H3,(H,46,52)(H,48,54)/t35-/m0/s1. The molecule has 330 valence electrons. The first-order valence-corrected chi connectivity index (χ1v) is 20.5. The number of pyridine rings is 1. The van der Waals surface area contributed by atoms with Crippen molar-refractivity contribution in [3.8, 4) is 16.9 Å². The van der Waals surface area contributed by atoms with Gasteiger partial charge in [-0.2, -0.15) is 18.2 Å². The van der Waals surface area contributed by atoms with E-state index in [9.17, 15) is 45.2 Å².